The molecule has 0 saturated heterocycles. The van der Waals surface area contributed by atoms with Gasteiger partial charge in [-0.25, -0.2) is 0 Å². The van der Waals surface area contributed by atoms with Gasteiger partial charge in [0.05, 0.1) is 0 Å². The van der Waals surface area contributed by atoms with Gasteiger partial charge in [-0.05, 0) is 41.8 Å². The average Bonchev–Trinajstić information content (AvgIpc) is 2.73. The first kappa shape index (κ1) is 22.7. The molecule has 0 spiro atoms. The van der Waals surface area contributed by atoms with Crippen molar-refractivity contribution >= 4 is 11.9 Å². The van der Waals surface area contributed by atoms with Gasteiger partial charge >= 0.3 is 5.97 Å². The third-order valence-electron chi connectivity index (χ3n) is 5.07. The van der Waals surface area contributed by atoms with E-state index in [9.17, 15) is 9.59 Å². The van der Waals surface area contributed by atoms with Crippen molar-refractivity contribution in [1.29, 1.82) is 0 Å². The van der Waals surface area contributed by atoms with E-state index >= 15 is 0 Å². The van der Waals surface area contributed by atoms with E-state index in [0.29, 0.717) is 17.7 Å². The molecule has 0 aliphatic heterocycles. The number of esters is 1. The van der Waals surface area contributed by atoms with Crippen molar-refractivity contribution in [3.8, 4) is 16.9 Å². The summed E-state index contributed by atoms with van der Waals surface area (Å²) in [6, 6.07) is 14.5. The summed E-state index contributed by atoms with van der Waals surface area (Å²) >= 11 is 0. The maximum Gasteiger partial charge on any atom is 0.311 e. The smallest absolute Gasteiger partial charge is 0.311 e. The lowest BCUT2D eigenvalue weighted by Gasteiger charge is -2.07. The Morgan fingerprint density at radius 3 is 1.72 bits per heavy atom. The number of ether oxygens (including phenoxy) is 1. The van der Waals surface area contributed by atoms with E-state index in [-0.39, 0.29) is 5.97 Å². The number of carbonyl (C=O) groups excluding carboxylic acids is 2. The van der Waals surface area contributed by atoms with E-state index in [4.69, 9.17) is 10.5 Å². The van der Waals surface area contributed by atoms with Crippen LogP contribution in [0.25, 0.3) is 11.1 Å². The van der Waals surface area contributed by atoms with Crippen LogP contribution in [0.5, 0.6) is 5.75 Å². The molecule has 1 amide bonds. The topological polar surface area (TPSA) is 69.4 Å². The summed E-state index contributed by atoms with van der Waals surface area (Å²) < 4.78 is 5.43. The lowest BCUT2D eigenvalue weighted by molar-refractivity contribution is -0.134. The number of rotatable bonds is 13. The van der Waals surface area contributed by atoms with Crippen LogP contribution in [-0.4, -0.2) is 11.9 Å². The van der Waals surface area contributed by atoms with E-state index in [2.05, 4.69) is 6.92 Å². The lowest BCUT2D eigenvalue weighted by atomic mass is 10.0. The number of hydrogen-bond donors (Lipinski definition) is 1. The fourth-order valence-electron chi connectivity index (χ4n) is 3.30. The van der Waals surface area contributed by atoms with Crippen molar-refractivity contribution in [1.82, 2.24) is 0 Å². The van der Waals surface area contributed by atoms with E-state index in [1.807, 2.05) is 24.3 Å². The Kier molecular flexibility index (Phi) is 9.98. The highest BCUT2D eigenvalue weighted by Crippen LogP contribution is 2.23. The summed E-state index contributed by atoms with van der Waals surface area (Å²) in [7, 11) is 0. The van der Waals surface area contributed by atoms with Gasteiger partial charge < -0.3 is 10.5 Å². The van der Waals surface area contributed by atoms with Crippen LogP contribution in [-0.2, 0) is 4.79 Å². The molecule has 29 heavy (non-hydrogen) atoms. The molecule has 0 aromatic heterocycles. The summed E-state index contributed by atoms with van der Waals surface area (Å²) in [4.78, 5) is 23.2. The molecular weight excluding hydrogens is 362 g/mol. The molecule has 0 unspecified atom stereocenters. The molecule has 4 nitrogen and oxygen atoms in total. The van der Waals surface area contributed by atoms with Crippen LogP contribution in [0.4, 0.5) is 0 Å². The van der Waals surface area contributed by atoms with Crippen LogP contribution >= 0.6 is 0 Å². The molecule has 0 saturated carbocycles. The van der Waals surface area contributed by atoms with Crippen molar-refractivity contribution in [2.45, 2.75) is 71.1 Å². The third-order valence-corrected chi connectivity index (χ3v) is 5.07. The second kappa shape index (κ2) is 12.8. The molecule has 0 aliphatic carbocycles. The fourth-order valence-corrected chi connectivity index (χ4v) is 3.30. The summed E-state index contributed by atoms with van der Waals surface area (Å²) in [5.41, 5.74) is 7.70. The largest absolute Gasteiger partial charge is 0.427 e. The molecule has 0 bridgehead atoms. The summed E-state index contributed by atoms with van der Waals surface area (Å²) in [6.45, 7) is 2.23. The molecule has 4 heteroatoms. The summed E-state index contributed by atoms with van der Waals surface area (Å²) in [6.07, 6.45) is 11.5. The standard InChI is InChI=1S/C25H33NO3/c1-2-3-4-5-6-7-8-9-10-11-24(27)29-23-18-16-21(17-19-23)20-12-14-22(15-13-20)25(26)28/h12-19H,2-11H2,1H3,(H2,26,28). The van der Waals surface area contributed by atoms with Crippen LogP contribution in [0.15, 0.2) is 48.5 Å². The normalized spacial score (nSPS) is 10.7. The quantitative estimate of drug-likeness (QED) is 0.246. The molecule has 0 atom stereocenters. The number of amides is 1. The van der Waals surface area contributed by atoms with Gasteiger partial charge in [-0.2, -0.15) is 0 Å². The third kappa shape index (κ3) is 8.51. The van der Waals surface area contributed by atoms with Crippen LogP contribution < -0.4 is 10.5 Å². The molecule has 2 aromatic rings. The Morgan fingerprint density at radius 1 is 0.724 bits per heavy atom. The highest BCUT2D eigenvalue weighted by atomic mass is 16.5. The van der Waals surface area contributed by atoms with Gasteiger partial charge in [0.15, 0.2) is 0 Å². The molecular formula is C25H33NO3. The Labute approximate surface area is 174 Å². The highest BCUT2D eigenvalue weighted by Gasteiger charge is 2.06. The first-order valence-corrected chi connectivity index (χ1v) is 10.8. The number of primary amides is 1. The first-order valence-electron chi connectivity index (χ1n) is 10.8. The maximum absolute atomic E-state index is 12.0. The van der Waals surface area contributed by atoms with Gasteiger partial charge in [0.25, 0.3) is 0 Å². The minimum absolute atomic E-state index is 0.175. The minimum atomic E-state index is -0.439. The highest BCUT2D eigenvalue weighted by molar-refractivity contribution is 5.93. The zero-order valence-corrected chi connectivity index (χ0v) is 17.5. The predicted octanol–water partition coefficient (Wildman–Crippen LogP) is 6.28. The molecule has 2 rings (SSSR count). The number of nitrogens with two attached hydrogens (primary N) is 1. The number of benzene rings is 2. The van der Waals surface area contributed by atoms with Gasteiger partial charge in [0.2, 0.25) is 5.91 Å². The second-order valence-corrected chi connectivity index (χ2v) is 7.52. The molecule has 0 aliphatic rings. The van der Waals surface area contributed by atoms with Crippen LogP contribution in [0.1, 0.15) is 81.5 Å². The second-order valence-electron chi connectivity index (χ2n) is 7.52. The maximum atomic E-state index is 12.0. The fraction of sp³-hybridized carbons (Fsp3) is 0.440. The van der Waals surface area contributed by atoms with Crippen molar-refractivity contribution < 1.29 is 14.3 Å². The molecule has 2 aromatic carbocycles. The number of unbranched alkanes of at least 4 members (excludes halogenated alkanes) is 8. The summed E-state index contributed by atoms with van der Waals surface area (Å²) in [5.74, 6) is -0.0549. The van der Waals surface area contributed by atoms with E-state index < -0.39 is 5.91 Å². The zero-order valence-electron chi connectivity index (χ0n) is 17.5. The first-order chi connectivity index (χ1) is 14.1. The molecule has 0 heterocycles. The Balaban J connectivity index is 1.67. The van der Waals surface area contributed by atoms with E-state index in [1.54, 1.807) is 24.3 Å². The molecule has 0 radical (unpaired) electrons. The molecule has 156 valence electrons. The van der Waals surface area contributed by atoms with Gasteiger partial charge in [0.1, 0.15) is 5.75 Å². The average molecular weight is 396 g/mol. The van der Waals surface area contributed by atoms with E-state index in [0.717, 1.165) is 24.0 Å². The minimum Gasteiger partial charge on any atom is -0.427 e. The van der Waals surface area contributed by atoms with Crippen molar-refractivity contribution in [3.05, 3.63) is 54.1 Å². The Morgan fingerprint density at radius 2 is 1.21 bits per heavy atom. The predicted molar refractivity (Wildman–Crippen MR) is 118 cm³/mol. The lowest BCUT2D eigenvalue weighted by Crippen LogP contribution is -2.10. The van der Waals surface area contributed by atoms with Gasteiger partial charge in [-0.1, -0.05) is 82.6 Å². The van der Waals surface area contributed by atoms with E-state index in [1.165, 1.54) is 44.9 Å². The monoisotopic (exact) mass is 395 g/mol. The zero-order chi connectivity index (χ0) is 20.9. The molecule has 0 fully saturated rings. The number of hydrogen-bond acceptors (Lipinski definition) is 3. The number of carbonyl (C=O) groups is 2. The van der Waals surface area contributed by atoms with Gasteiger partial charge in [0, 0.05) is 12.0 Å². The SMILES string of the molecule is CCCCCCCCCCCC(=O)Oc1ccc(-c2ccc(C(N)=O)cc2)cc1. The Hall–Kier alpha value is -2.62. The van der Waals surface area contributed by atoms with Crippen LogP contribution in [0.2, 0.25) is 0 Å². The van der Waals surface area contributed by atoms with Gasteiger partial charge in [-0.3, -0.25) is 9.59 Å². The van der Waals surface area contributed by atoms with Crippen molar-refractivity contribution in [2.24, 2.45) is 5.73 Å². The van der Waals surface area contributed by atoms with Gasteiger partial charge in [-0.15, -0.1) is 0 Å². The summed E-state index contributed by atoms with van der Waals surface area (Å²) in [5, 5.41) is 0. The van der Waals surface area contributed by atoms with Crippen molar-refractivity contribution in [3.63, 3.8) is 0 Å². The van der Waals surface area contributed by atoms with Crippen LogP contribution in [0, 0.1) is 0 Å². The molecule has 2 N–H and O–H groups in total. The van der Waals surface area contributed by atoms with Crippen LogP contribution in [0.3, 0.4) is 0 Å². The Bertz CT molecular complexity index is 751. The van der Waals surface area contributed by atoms with Crippen molar-refractivity contribution in [2.75, 3.05) is 0 Å².